The highest BCUT2D eigenvalue weighted by atomic mass is 35.5. The molecule has 3 rings (SSSR count). The van der Waals surface area contributed by atoms with Crippen molar-refractivity contribution in [2.45, 2.75) is 80.9 Å². The number of pyridine rings is 1. The molecule has 1 aromatic carbocycles. The number of amides is 1. The minimum atomic E-state index is 0.0529. The number of benzene rings is 1. The number of hydrogen-bond acceptors (Lipinski definition) is 7. The maximum Gasteiger partial charge on any atom is 0.256 e. The van der Waals surface area contributed by atoms with Gasteiger partial charge in [0.25, 0.3) is 5.22 Å². The van der Waals surface area contributed by atoms with Crippen molar-refractivity contribution >= 4 is 69.6 Å². The number of carbonyl (C=O) groups is 1. The first-order valence-corrected chi connectivity index (χ1v) is 15.7. The molecule has 35 heavy (non-hydrogen) atoms. The molecule has 0 saturated carbocycles. The van der Waals surface area contributed by atoms with Crippen molar-refractivity contribution in [3.8, 4) is 0 Å². The van der Waals surface area contributed by atoms with Crippen molar-refractivity contribution in [3.05, 3.63) is 34.0 Å². The monoisotopic (exact) mass is 551 g/mol. The fourth-order valence-corrected chi connectivity index (χ4v) is 6.14. The molecule has 3 aromatic rings. The van der Waals surface area contributed by atoms with E-state index >= 15 is 0 Å². The van der Waals surface area contributed by atoms with Gasteiger partial charge in [-0.3, -0.25) is 4.79 Å². The zero-order valence-electron chi connectivity index (χ0n) is 21.3. The Kier molecular flexibility index (Phi) is 10.7. The van der Waals surface area contributed by atoms with E-state index in [1.54, 1.807) is 35.3 Å². The standard InChI is InChI=1S/C26H34ClN3O2S3/c1-15(2)18-14-19(27)17(4)22-24(18)32-26(30-22)35-12-10-8-7-9-11-21(31)29-23-20(33-5)13-16(3)28-25(23)34-6/h13-15H,7-12H2,1-6H3,(H,29,31). The third-order valence-corrected chi connectivity index (χ3v) is 8.52. The summed E-state index contributed by atoms with van der Waals surface area (Å²) < 4.78 is 6.09. The molecule has 2 heterocycles. The fraction of sp³-hybridized carbons (Fsp3) is 0.500. The Morgan fingerprint density at radius 1 is 1.09 bits per heavy atom. The molecule has 190 valence electrons. The van der Waals surface area contributed by atoms with Crippen LogP contribution in [0.15, 0.2) is 31.7 Å². The average Bonchev–Trinajstić information content (AvgIpc) is 3.25. The number of rotatable bonds is 12. The second-order valence-corrected chi connectivity index (χ2v) is 11.9. The zero-order valence-corrected chi connectivity index (χ0v) is 24.5. The van der Waals surface area contributed by atoms with E-state index in [9.17, 15) is 4.79 Å². The van der Waals surface area contributed by atoms with Gasteiger partial charge in [0, 0.05) is 33.3 Å². The van der Waals surface area contributed by atoms with Gasteiger partial charge in [0.1, 0.15) is 10.5 Å². The molecule has 0 aliphatic carbocycles. The van der Waals surface area contributed by atoms with Gasteiger partial charge in [-0.2, -0.15) is 0 Å². The van der Waals surface area contributed by atoms with Crippen LogP contribution in [0.3, 0.4) is 0 Å². The van der Waals surface area contributed by atoms with Gasteiger partial charge in [0.2, 0.25) is 5.91 Å². The number of aryl methyl sites for hydroxylation is 2. The van der Waals surface area contributed by atoms with Crippen LogP contribution in [-0.2, 0) is 4.79 Å². The number of halogens is 1. The van der Waals surface area contributed by atoms with Crippen molar-refractivity contribution in [1.29, 1.82) is 0 Å². The van der Waals surface area contributed by atoms with E-state index in [1.165, 1.54) is 0 Å². The highest BCUT2D eigenvalue weighted by molar-refractivity contribution is 7.99. The summed E-state index contributed by atoms with van der Waals surface area (Å²) in [6, 6.07) is 4.02. The molecule has 1 N–H and O–H groups in total. The van der Waals surface area contributed by atoms with Gasteiger partial charge in [0.05, 0.1) is 5.69 Å². The van der Waals surface area contributed by atoms with E-state index in [0.29, 0.717) is 17.6 Å². The topological polar surface area (TPSA) is 68.0 Å². The van der Waals surface area contributed by atoms with E-state index in [-0.39, 0.29) is 5.91 Å². The second-order valence-electron chi connectivity index (χ2n) is 8.80. The van der Waals surface area contributed by atoms with E-state index in [4.69, 9.17) is 21.0 Å². The van der Waals surface area contributed by atoms with E-state index in [2.05, 4.69) is 24.1 Å². The first-order chi connectivity index (χ1) is 16.7. The van der Waals surface area contributed by atoms with Crippen LogP contribution < -0.4 is 5.32 Å². The van der Waals surface area contributed by atoms with Gasteiger partial charge in [-0.25, -0.2) is 9.97 Å². The van der Waals surface area contributed by atoms with E-state index in [1.807, 2.05) is 38.5 Å². The fourth-order valence-electron chi connectivity index (χ4n) is 3.81. The predicted octanol–water partition coefficient (Wildman–Crippen LogP) is 8.74. The van der Waals surface area contributed by atoms with Gasteiger partial charge in [0.15, 0.2) is 5.58 Å². The van der Waals surface area contributed by atoms with E-state index < -0.39 is 0 Å². The molecule has 5 nitrogen and oxygen atoms in total. The van der Waals surface area contributed by atoms with Gasteiger partial charge in [-0.1, -0.05) is 50.1 Å². The van der Waals surface area contributed by atoms with Gasteiger partial charge >= 0.3 is 0 Å². The summed E-state index contributed by atoms with van der Waals surface area (Å²) in [5.41, 5.74) is 5.60. The number of fused-ring (bicyclic) bond motifs is 1. The number of nitrogens with one attached hydrogen (secondary N) is 1. The number of anilines is 1. The molecular formula is C26H34ClN3O2S3. The molecule has 0 saturated heterocycles. The van der Waals surface area contributed by atoms with Crippen LogP contribution >= 0.6 is 46.9 Å². The number of carbonyl (C=O) groups excluding carboxylic acids is 1. The lowest BCUT2D eigenvalue weighted by molar-refractivity contribution is -0.116. The smallest absolute Gasteiger partial charge is 0.256 e. The highest BCUT2D eigenvalue weighted by Crippen LogP contribution is 2.36. The summed E-state index contributed by atoms with van der Waals surface area (Å²) in [6.45, 7) is 8.24. The van der Waals surface area contributed by atoms with Crippen LogP contribution in [0.5, 0.6) is 0 Å². The zero-order chi connectivity index (χ0) is 25.5. The molecule has 9 heteroatoms. The van der Waals surface area contributed by atoms with Gasteiger partial charge in [-0.05, 0) is 62.8 Å². The van der Waals surface area contributed by atoms with E-state index in [0.717, 1.165) is 80.0 Å². The number of thioether (sulfide) groups is 3. The lowest BCUT2D eigenvalue weighted by Gasteiger charge is -2.14. The van der Waals surface area contributed by atoms with Crippen LogP contribution in [-0.4, -0.2) is 34.1 Å². The van der Waals surface area contributed by atoms with Crippen LogP contribution in [0.25, 0.3) is 11.1 Å². The number of hydrogen-bond donors (Lipinski definition) is 1. The quantitative estimate of drug-likeness (QED) is 0.178. The maximum absolute atomic E-state index is 12.5. The SMILES string of the molecule is CSc1cc(C)nc(SC)c1NC(=O)CCCCCCSc1nc2c(C)c(Cl)cc(C(C)C)c2o1. The van der Waals surface area contributed by atoms with Crippen LogP contribution in [0.4, 0.5) is 5.69 Å². The van der Waals surface area contributed by atoms with Crippen LogP contribution in [0.1, 0.15) is 68.7 Å². The maximum atomic E-state index is 12.5. The third-order valence-electron chi connectivity index (χ3n) is 5.77. The Bertz CT molecular complexity index is 1160. The summed E-state index contributed by atoms with van der Waals surface area (Å²) in [6.07, 6.45) is 8.54. The molecule has 0 radical (unpaired) electrons. The second kappa shape index (κ2) is 13.3. The minimum Gasteiger partial charge on any atom is -0.431 e. The molecule has 1 amide bonds. The Balaban J connectivity index is 1.43. The number of aromatic nitrogens is 2. The number of oxazole rings is 1. The molecule has 2 aromatic heterocycles. The molecule has 0 spiro atoms. The summed E-state index contributed by atoms with van der Waals surface area (Å²) in [5, 5.41) is 5.40. The predicted molar refractivity (Wildman–Crippen MR) is 153 cm³/mol. The minimum absolute atomic E-state index is 0.0529. The number of nitrogens with zero attached hydrogens (tertiary/aromatic N) is 2. The molecular weight excluding hydrogens is 518 g/mol. The lowest BCUT2D eigenvalue weighted by Crippen LogP contribution is -2.13. The van der Waals surface area contributed by atoms with Crippen molar-refractivity contribution in [1.82, 2.24) is 9.97 Å². The van der Waals surface area contributed by atoms with Crippen molar-refractivity contribution in [3.63, 3.8) is 0 Å². The van der Waals surface area contributed by atoms with Gasteiger partial charge < -0.3 is 9.73 Å². The Morgan fingerprint density at radius 3 is 2.51 bits per heavy atom. The van der Waals surface area contributed by atoms with Crippen LogP contribution in [0.2, 0.25) is 5.02 Å². The first kappa shape index (κ1) is 28.2. The normalized spacial score (nSPS) is 11.5. The molecule has 0 atom stereocenters. The molecule has 0 aliphatic heterocycles. The largest absolute Gasteiger partial charge is 0.431 e. The number of unbranched alkanes of at least 4 members (excludes halogenated alkanes) is 3. The summed E-state index contributed by atoms with van der Waals surface area (Å²) in [5.74, 6) is 1.31. The third kappa shape index (κ3) is 7.34. The van der Waals surface area contributed by atoms with Crippen molar-refractivity contribution in [2.24, 2.45) is 0 Å². The molecule has 0 fully saturated rings. The average molecular weight is 552 g/mol. The van der Waals surface area contributed by atoms with Gasteiger partial charge in [-0.15, -0.1) is 23.5 Å². The first-order valence-electron chi connectivity index (χ1n) is 11.9. The Hall–Kier alpha value is -1.35. The Labute approximate surface area is 226 Å². The summed E-state index contributed by atoms with van der Waals surface area (Å²) >= 11 is 11.2. The Morgan fingerprint density at radius 2 is 1.83 bits per heavy atom. The van der Waals surface area contributed by atoms with Crippen LogP contribution in [0, 0.1) is 13.8 Å². The highest BCUT2D eigenvalue weighted by Gasteiger charge is 2.18. The molecule has 0 unspecified atom stereocenters. The van der Waals surface area contributed by atoms with Crippen molar-refractivity contribution in [2.75, 3.05) is 23.6 Å². The molecule has 0 aliphatic rings. The lowest BCUT2D eigenvalue weighted by atomic mass is 10.0. The summed E-state index contributed by atoms with van der Waals surface area (Å²) in [4.78, 5) is 22.8. The molecule has 0 bridgehead atoms. The summed E-state index contributed by atoms with van der Waals surface area (Å²) in [7, 11) is 0. The van der Waals surface area contributed by atoms with Crippen molar-refractivity contribution < 1.29 is 9.21 Å².